The predicted octanol–water partition coefficient (Wildman–Crippen LogP) is 2.39. The Kier molecular flexibility index (Phi) is 3.29. The van der Waals surface area contributed by atoms with Crippen molar-refractivity contribution in [3.05, 3.63) is 23.3 Å². The second kappa shape index (κ2) is 4.57. The molecule has 0 aromatic heterocycles. The van der Waals surface area contributed by atoms with Gasteiger partial charge in [0, 0.05) is 17.5 Å². The molecule has 0 amide bonds. The Labute approximate surface area is 103 Å². The molecule has 0 saturated heterocycles. The van der Waals surface area contributed by atoms with Crippen LogP contribution in [0, 0.1) is 6.92 Å². The maximum atomic E-state index is 5.99. The van der Waals surface area contributed by atoms with E-state index in [0.717, 1.165) is 24.3 Å². The first-order chi connectivity index (χ1) is 8.18. The highest BCUT2D eigenvalue weighted by Gasteiger charge is 2.41. The Bertz CT molecular complexity index is 405. The average Bonchev–Trinajstić information content (AvgIpc) is 2.30. The largest absolute Gasteiger partial charge is 0.493 e. The Morgan fingerprint density at radius 2 is 1.94 bits per heavy atom. The molecule has 1 aliphatic carbocycles. The third kappa shape index (κ3) is 1.78. The van der Waals surface area contributed by atoms with Crippen molar-refractivity contribution in [1.82, 2.24) is 0 Å². The van der Waals surface area contributed by atoms with Crippen molar-refractivity contribution in [1.29, 1.82) is 0 Å². The number of aryl methyl sites for hydroxylation is 1. The molecule has 17 heavy (non-hydrogen) atoms. The van der Waals surface area contributed by atoms with Gasteiger partial charge in [-0.1, -0.05) is 12.5 Å². The van der Waals surface area contributed by atoms with Crippen LogP contribution in [0.15, 0.2) is 12.1 Å². The summed E-state index contributed by atoms with van der Waals surface area (Å²) >= 11 is 0. The molecule has 0 spiro atoms. The molecule has 1 aliphatic rings. The molecule has 1 aromatic carbocycles. The van der Waals surface area contributed by atoms with Crippen LogP contribution in [-0.2, 0) is 5.41 Å². The van der Waals surface area contributed by atoms with Crippen LogP contribution >= 0.6 is 0 Å². The maximum absolute atomic E-state index is 5.99. The van der Waals surface area contributed by atoms with Crippen molar-refractivity contribution in [2.45, 2.75) is 31.6 Å². The standard InChI is InChI=1S/C14H21NO2/c1-10-5-6-11(16-2)13(17-3)12(10)14(9-15)7-4-8-14/h5-6H,4,7-9,15H2,1-3H3. The van der Waals surface area contributed by atoms with Crippen molar-refractivity contribution in [2.75, 3.05) is 20.8 Å². The number of rotatable bonds is 4. The van der Waals surface area contributed by atoms with Crippen LogP contribution in [0.2, 0.25) is 0 Å². The van der Waals surface area contributed by atoms with Crippen LogP contribution < -0.4 is 15.2 Å². The first-order valence-corrected chi connectivity index (χ1v) is 6.10. The van der Waals surface area contributed by atoms with Crippen molar-refractivity contribution in [2.24, 2.45) is 5.73 Å². The van der Waals surface area contributed by atoms with E-state index in [9.17, 15) is 0 Å². The molecule has 1 fully saturated rings. The molecule has 2 N–H and O–H groups in total. The summed E-state index contributed by atoms with van der Waals surface area (Å²) in [7, 11) is 3.37. The lowest BCUT2D eigenvalue weighted by Crippen LogP contribution is -2.42. The van der Waals surface area contributed by atoms with Crippen LogP contribution in [0.4, 0.5) is 0 Å². The third-order valence-electron chi connectivity index (χ3n) is 3.99. The maximum Gasteiger partial charge on any atom is 0.164 e. The summed E-state index contributed by atoms with van der Waals surface area (Å²) in [4.78, 5) is 0. The SMILES string of the molecule is COc1ccc(C)c(C2(CN)CCC2)c1OC. The number of methoxy groups -OCH3 is 2. The summed E-state index contributed by atoms with van der Waals surface area (Å²) < 4.78 is 10.9. The number of ether oxygens (including phenoxy) is 2. The van der Waals surface area contributed by atoms with Gasteiger partial charge >= 0.3 is 0 Å². The summed E-state index contributed by atoms with van der Waals surface area (Å²) in [5, 5.41) is 0. The van der Waals surface area contributed by atoms with Gasteiger partial charge in [-0.05, 0) is 31.4 Å². The zero-order valence-corrected chi connectivity index (χ0v) is 10.9. The number of hydrogen-bond acceptors (Lipinski definition) is 3. The minimum atomic E-state index is 0.101. The zero-order valence-electron chi connectivity index (χ0n) is 10.9. The molecule has 2 rings (SSSR count). The summed E-state index contributed by atoms with van der Waals surface area (Å²) in [5.41, 5.74) is 8.58. The van der Waals surface area contributed by atoms with Crippen molar-refractivity contribution >= 4 is 0 Å². The van der Waals surface area contributed by atoms with Gasteiger partial charge in [0.25, 0.3) is 0 Å². The van der Waals surface area contributed by atoms with Crippen LogP contribution in [0.25, 0.3) is 0 Å². The van der Waals surface area contributed by atoms with Gasteiger partial charge in [0.1, 0.15) is 0 Å². The first-order valence-electron chi connectivity index (χ1n) is 6.10. The van der Waals surface area contributed by atoms with Gasteiger partial charge < -0.3 is 15.2 Å². The molecule has 94 valence electrons. The highest BCUT2D eigenvalue weighted by molar-refractivity contribution is 5.55. The smallest absolute Gasteiger partial charge is 0.164 e. The van der Waals surface area contributed by atoms with Gasteiger partial charge in [-0.3, -0.25) is 0 Å². The van der Waals surface area contributed by atoms with E-state index in [2.05, 4.69) is 13.0 Å². The molecule has 0 aliphatic heterocycles. The quantitative estimate of drug-likeness (QED) is 0.871. The van der Waals surface area contributed by atoms with Gasteiger partial charge in [0.05, 0.1) is 14.2 Å². The molecular formula is C14H21NO2. The topological polar surface area (TPSA) is 44.5 Å². The van der Waals surface area contributed by atoms with Crippen molar-refractivity contribution < 1.29 is 9.47 Å². The van der Waals surface area contributed by atoms with Gasteiger partial charge in [-0.2, -0.15) is 0 Å². The molecule has 1 saturated carbocycles. The molecule has 3 nitrogen and oxygen atoms in total. The molecule has 0 radical (unpaired) electrons. The predicted molar refractivity (Wildman–Crippen MR) is 68.9 cm³/mol. The van der Waals surface area contributed by atoms with E-state index in [0.29, 0.717) is 6.54 Å². The lowest BCUT2D eigenvalue weighted by atomic mass is 9.63. The van der Waals surface area contributed by atoms with Gasteiger partial charge in [0.15, 0.2) is 11.5 Å². The number of benzene rings is 1. The van der Waals surface area contributed by atoms with E-state index in [4.69, 9.17) is 15.2 Å². The highest BCUT2D eigenvalue weighted by Crippen LogP contribution is 2.50. The highest BCUT2D eigenvalue weighted by atomic mass is 16.5. The number of hydrogen-bond donors (Lipinski definition) is 1. The summed E-state index contributed by atoms with van der Waals surface area (Å²) in [5.74, 6) is 1.66. The van der Waals surface area contributed by atoms with E-state index < -0.39 is 0 Å². The summed E-state index contributed by atoms with van der Waals surface area (Å²) in [6, 6.07) is 4.05. The second-order valence-corrected chi connectivity index (χ2v) is 4.83. The van der Waals surface area contributed by atoms with Crippen LogP contribution in [0.5, 0.6) is 11.5 Å². The fraction of sp³-hybridized carbons (Fsp3) is 0.571. The van der Waals surface area contributed by atoms with Crippen molar-refractivity contribution in [3.63, 3.8) is 0 Å². The second-order valence-electron chi connectivity index (χ2n) is 4.83. The first kappa shape index (κ1) is 12.2. The Morgan fingerprint density at radius 3 is 2.35 bits per heavy atom. The number of nitrogens with two attached hydrogens (primary N) is 1. The van der Waals surface area contributed by atoms with Gasteiger partial charge in [-0.25, -0.2) is 0 Å². The van der Waals surface area contributed by atoms with E-state index in [1.165, 1.54) is 17.5 Å². The van der Waals surface area contributed by atoms with E-state index >= 15 is 0 Å². The van der Waals surface area contributed by atoms with Crippen LogP contribution in [0.1, 0.15) is 30.4 Å². The van der Waals surface area contributed by atoms with Crippen LogP contribution in [0.3, 0.4) is 0 Å². The van der Waals surface area contributed by atoms with Gasteiger partial charge in [-0.15, -0.1) is 0 Å². The Hall–Kier alpha value is -1.22. The molecule has 3 heteroatoms. The van der Waals surface area contributed by atoms with Gasteiger partial charge in [0.2, 0.25) is 0 Å². The van der Waals surface area contributed by atoms with E-state index in [-0.39, 0.29) is 5.41 Å². The monoisotopic (exact) mass is 235 g/mol. The molecule has 0 unspecified atom stereocenters. The molecule has 1 aromatic rings. The summed E-state index contributed by atoms with van der Waals surface area (Å²) in [6.45, 7) is 2.80. The zero-order chi connectivity index (χ0) is 12.5. The summed E-state index contributed by atoms with van der Waals surface area (Å²) in [6.07, 6.45) is 3.54. The molecule has 0 heterocycles. The average molecular weight is 235 g/mol. The van der Waals surface area contributed by atoms with Crippen molar-refractivity contribution in [3.8, 4) is 11.5 Å². The normalized spacial score (nSPS) is 17.4. The Balaban J connectivity index is 2.58. The fourth-order valence-electron chi connectivity index (χ4n) is 2.84. The fourth-order valence-corrected chi connectivity index (χ4v) is 2.84. The van der Waals surface area contributed by atoms with E-state index in [1.807, 2.05) is 6.07 Å². The Morgan fingerprint density at radius 1 is 1.24 bits per heavy atom. The minimum absolute atomic E-state index is 0.101. The molecule has 0 bridgehead atoms. The lowest BCUT2D eigenvalue weighted by molar-refractivity contribution is 0.239. The third-order valence-corrected chi connectivity index (χ3v) is 3.99. The van der Waals surface area contributed by atoms with Crippen LogP contribution in [-0.4, -0.2) is 20.8 Å². The van der Waals surface area contributed by atoms with E-state index in [1.54, 1.807) is 14.2 Å². The molecular weight excluding hydrogens is 214 g/mol. The molecule has 0 atom stereocenters. The lowest BCUT2D eigenvalue weighted by Gasteiger charge is -2.43. The minimum Gasteiger partial charge on any atom is -0.493 e.